The molecule has 2 atom stereocenters. The molecular formula is C16H23N3O4. The average Bonchev–Trinajstić information content (AvgIpc) is 2.48. The van der Waals surface area contributed by atoms with Gasteiger partial charge in [-0.1, -0.05) is 6.07 Å². The van der Waals surface area contributed by atoms with E-state index in [-0.39, 0.29) is 18.2 Å². The number of hydrogen-bond acceptors (Lipinski definition) is 5. The Labute approximate surface area is 135 Å². The minimum Gasteiger partial charge on any atom is -0.475 e. The summed E-state index contributed by atoms with van der Waals surface area (Å²) in [5.41, 5.74) is 1.10. The summed E-state index contributed by atoms with van der Waals surface area (Å²) in [6.07, 6.45) is 1.09. The second-order valence-corrected chi connectivity index (χ2v) is 6.38. The SMILES string of the molecule is CC(C)Oc1ccc(CN2[C@@H]3COC[C@H]2CN(C(=O)O)C3)cn1. The van der Waals surface area contributed by atoms with Gasteiger partial charge in [-0.15, -0.1) is 0 Å². The van der Waals surface area contributed by atoms with Crippen molar-refractivity contribution in [1.82, 2.24) is 14.8 Å². The molecule has 2 fully saturated rings. The standard InChI is InChI=1S/C16H23N3O4/c1-11(2)23-15-4-3-12(5-17-15)6-19-13-7-18(16(20)21)8-14(19)10-22-9-13/h3-5,11,13-14H,6-10H2,1-2H3,(H,20,21)/t13-,14+. The molecule has 0 aliphatic carbocycles. The van der Waals surface area contributed by atoms with Crippen LogP contribution < -0.4 is 4.74 Å². The lowest BCUT2D eigenvalue weighted by Crippen LogP contribution is -2.64. The highest BCUT2D eigenvalue weighted by molar-refractivity contribution is 5.65. The van der Waals surface area contributed by atoms with E-state index < -0.39 is 6.09 Å². The number of nitrogens with zero attached hydrogens (tertiary/aromatic N) is 3. The van der Waals surface area contributed by atoms with Gasteiger partial charge in [0.15, 0.2) is 0 Å². The zero-order chi connectivity index (χ0) is 16.4. The summed E-state index contributed by atoms with van der Waals surface area (Å²) in [5.74, 6) is 0.628. The Bertz CT molecular complexity index is 535. The van der Waals surface area contributed by atoms with Crippen molar-refractivity contribution in [2.24, 2.45) is 0 Å². The monoisotopic (exact) mass is 321 g/mol. The molecule has 3 rings (SSSR count). The maximum absolute atomic E-state index is 11.2. The first-order valence-corrected chi connectivity index (χ1v) is 7.96. The number of pyridine rings is 1. The molecule has 0 unspecified atom stereocenters. The third-order valence-corrected chi connectivity index (χ3v) is 4.21. The predicted octanol–water partition coefficient (Wildman–Crippen LogP) is 1.43. The second-order valence-electron chi connectivity index (χ2n) is 6.38. The fraction of sp³-hybridized carbons (Fsp3) is 0.625. The molecule has 2 aliphatic rings. The van der Waals surface area contributed by atoms with E-state index in [2.05, 4.69) is 9.88 Å². The molecule has 0 aromatic carbocycles. The fourth-order valence-electron chi connectivity index (χ4n) is 3.17. The third kappa shape index (κ3) is 3.73. The third-order valence-electron chi connectivity index (χ3n) is 4.21. The van der Waals surface area contributed by atoms with Gasteiger partial charge >= 0.3 is 6.09 Å². The van der Waals surface area contributed by atoms with Crippen molar-refractivity contribution >= 4 is 6.09 Å². The molecule has 23 heavy (non-hydrogen) atoms. The van der Waals surface area contributed by atoms with Gasteiger partial charge in [0.25, 0.3) is 0 Å². The molecule has 0 spiro atoms. The van der Waals surface area contributed by atoms with Gasteiger partial charge in [-0.25, -0.2) is 9.78 Å². The zero-order valence-corrected chi connectivity index (χ0v) is 13.5. The highest BCUT2D eigenvalue weighted by Gasteiger charge is 2.39. The molecular weight excluding hydrogens is 298 g/mol. The van der Waals surface area contributed by atoms with Crippen LogP contribution in [0.3, 0.4) is 0 Å². The Morgan fingerprint density at radius 2 is 2.09 bits per heavy atom. The lowest BCUT2D eigenvalue weighted by atomic mass is 10.0. The number of carbonyl (C=O) groups is 1. The van der Waals surface area contributed by atoms with Crippen LogP contribution in [-0.2, 0) is 11.3 Å². The number of carboxylic acid groups (broad SMARTS) is 1. The van der Waals surface area contributed by atoms with E-state index in [0.29, 0.717) is 32.2 Å². The fourth-order valence-corrected chi connectivity index (χ4v) is 3.17. The Morgan fingerprint density at radius 3 is 2.61 bits per heavy atom. The largest absolute Gasteiger partial charge is 0.475 e. The topological polar surface area (TPSA) is 75.1 Å². The van der Waals surface area contributed by atoms with Crippen LogP contribution in [0.1, 0.15) is 19.4 Å². The van der Waals surface area contributed by atoms with Gasteiger partial charge in [0.1, 0.15) is 0 Å². The van der Waals surface area contributed by atoms with Crippen LogP contribution in [0.15, 0.2) is 18.3 Å². The number of hydrogen-bond donors (Lipinski definition) is 1. The first-order valence-electron chi connectivity index (χ1n) is 7.96. The summed E-state index contributed by atoms with van der Waals surface area (Å²) >= 11 is 0. The molecule has 0 radical (unpaired) electrons. The molecule has 1 N–H and O–H groups in total. The van der Waals surface area contributed by atoms with Gasteiger partial charge in [0.2, 0.25) is 5.88 Å². The number of aromatic nitrogens is 1. The maximum Gasteiger partial charge on any atom is 0.407 e. The molecule has 126 valence electrons. The van der Waals surface area contributed by atoms with E-state index in [1.807, 2.05) is 32.2 Å². The van der Waals surface area contributed by atoms with E-state index in [1.165, 1.54) is 4.90 Å². The van der Waals surface area contributed by atoms with Gasteiger partial charge in [-0.05, 0) is 19.4 Å². The number of rotatable bonds is 4. The molecule has 3 heterocycles. The van der Waals surface area contributed by atoms with E-state index in [1.54, 1.807) is 0 Å². The van der Waals surface area contributed by atoms with Crippen molar-refractivity contribution in [3.8, 4) is 5.88 Å². The molecule has 2 saturated heterocycles. The molecule has 1 amide bonds. The Balaban J connectivity index is 1.66. The molecule has 7 nitrogen and oxygen atoms in total. The number of amides is 1. The van der Waals surface area contributed by atoms with Gasteiger partial charge in [-0.3, -0.25) is 4.90 Å². The summed E-state index contributed by atoms with van der Waals surface area (Å²) in [5, 5.41) is 9.21. The van der Waals surface area contributed by atoms with Crippen LogP contribution in [0.25, 0.3) is 0 Å². The Kier molecular flexibility index (Phi) is 4.68. The van der Waals surface area contributed by atoms with Crippen LogP contribution in [0, 0.1) is 0 Å². The van der Waals surface area contributed by atoms with Gasteiger partial charge in [0, 0.05) is 31.9 Å². The quantitative estimate of drug-likeness (QED) is 0.904. The van der Waals surface area contributed by atoms with Crippen molar-refractivity contribution in [2.45, 2.75) is 38.6 Å². The molecule has 2 aliphatic heterocycles. The van der Waals surface area contributed by atoms with Crippen molar-refractivity contribution < 1.29 is 19.4 Å². The minimum atomic E-state index is -0.849. The van der Waals surface area contributed by atoms with Crippen molar-refractivity contribution in [3.63, 3.8) is 0 Å². The summed E-state index contributed by atoms with van der Waals surface area (Å²) in [4.78, 5) is 19.4. The van der Waals surface area contributed by atoms with Gasteiger partial charge < -0.3 is 19.5 Å². The van der Waals surface area contributed by atoms with E-state index in [4.69, 9.17) is 9.47 Å². The molecule has 1 aromatic heterocycles. The van der Waals surface area contributed by atoms with Crippen molar-refractivity contribution in [3.05, 3.63) is 23.9 Å². The number of piperazine rings is 1. The average molecular weight is 321 g/mol. The highest BCUT2D eigenvalue weighted by Crippen LogP contribution is 2.24. The smallest absolute Gasteiger partial charge is 0.407 e. The molecule has 1 aromatic rings. The number of fused-ring (bicyclic) bond motifs is 2. The zero-order valence-electron chi connectivity index (χ0n) is 13.5. The molecule has 2 bridgehead atoms. The van der Waals surface area contributed by atoms with Crippen LogP contribution in [0.5, 0.6) is 5.88 Å². The summed E-state index contributed by atoms with van der Waals surface area (Å²) < 4.78 is 11.2. The second kappa shape index (κ2) is 6.72. The molecule has 0 saturated carbocycles. The summed E-state index contributed by atoms with van der Waals surface area (Å²) in [6, 6.07) is 4.11. The van der Waals surface area contributed by atoms with Crippen LogP contribution in [0.2, 0.25) is 0 Å². The predicted molar refractivity (Wildman–Crippen MR) is 83.5 cm³/mol. The molecule has 7 heteroatoms. The Hall–Kier alpha value is -1.86. The summed E-state index contributed by atoms with van der Waals surface area (Å²) in [6.45, 7) is 6.82. The summed E-state index contributed by atoms with van der Waals surface area (Å²) in [7, 11) is 0. The Morgan fingerprint density at radius 1 is 1.39 bits per heavy atom. The number of ether oxygens (including phenoxy) is 2. The van der Waals surface area contributed by atoms with E-state index in [0.717, 1.165) is 12.1 Å². The van der Waals surface area contributed by atoms with Gasteiger partial charge in [-0.2, -0.15) is 0 Å². The highest BCUT2D eigenvalue weighted by atomic mass is 16.5. The first-order chi connectivity index (χ1) is 11.0. The van der Waals surface area contributed by atoms with Crippen LogP contribution in [0.4, 0.5) is 4.79 Å². The normalized spacial score (nSPS) is 24.7. The van der Waals surface area contributed by atoms with Crippen molar-refractivity contribution in [1.29, 1.82) is 0 Å². The minimum absolute atomic E-state index is 0.102. The van der Waals surface area contributed by atoms with E-state index >= 15 is 0 Å². The van der Waals surface area contributed by atoms with Gasteiger partial charge in [0.05, 0.1) is 31.4 Å². The lowest BCUT2D eigenvalue weighted by Gasteiger charge is -2.48. The first kappa shape index (κ1) is 16.0. The maximum atomic E-state index is 11.2. The number of morpholine rings is 1. The lowest BCUT2D eigenvalue weighted by molar-refractivity contribution is -0.0952. The van der Waals surface area contributed by atoms with E-state index in [9.17, 15) is 9.90 Å². The van der Waals surface area contributed by atoms with Crippen molar-refractivity contribution in [2.75, 3.05) is 26.3 Å². The van der Waals surface area contributed by atoms with Crippen LogP contribution in [-0.4, -0.2) is 70.5 Å². The van der Waals surface area contributed by atoms with Crippen LogP contribution >= 0.6 is 0 Å².